The highest BCUT2D eigenvalue weighted by Gasteiger charge is 2.19. The molecule has 0 aliphatic heterocycles. The van der Waals surface area contributed by atoms with Crippen molar-refractivity contribution in [3.05, 3.63) is 23.5 Å². The normalized spacial score (nSPS) is 11.7. The number of pyridine rings is 1. The van der Waals surface area contributed by atoms with E-state index in [1.165, 1.54) is 0 Å². The Kier molecular flexibility index (Phi) is 2.06. The fourth-order valence-electron chi connectivity index (χ4n) is 1.06. The molecule has 1 rings (SSSR count). The predicted octanol–water partition coefficient (Wildman–Crippen LogP) is 1.20. The minimum atomic E-state index is -0.914. The van der Waals surface area contributed by atoms with E-state index in [-0.39, 0.29) is 0 Å². The average molecular weight is 166 g/mol. The first-order valence-electron chi connectivity index (χ1n) is 3.86. The summed E-state index contributed by atoms with van der Waals surface area (Å²) in [6, 6.07) is 0. The van der Waals surface area contributed by atoms with Crippen LogP contribution in [-0.4, -0.2) is 10.1 Å². The van der Waals surface area contributed by atoms with Gasteiger partial charge in [-0.25, -0.2) is 0 Å². The monoisotopic (exact) mass is 166 g/mol. The van der Waals surface area contributed by atoms with Gasteiger partial charge in [-0.2, -0.15) is 0 Å². The van der Waals surface area contributed by atoms with Gasteiger partial charge in [0.05, 0.1) is 5.60 Å². The molecular formula is C9H14N2O. The number of hydrogen-bond acceptors (Lipinski definition) is 3. The highest BCUT2D eigenvalue weighted by atomic mass is 16.3. The Morgan fingerprint density at radius 2 is 2.00 bits per heavy atom. The van der Waals surface area contributed by atoms with Gasteiger partial charge in [0.2, 0.25) is 0 Å². The van der Waals surface area contributed by atoms with Gasteiger partial charge in [0.25, 0.3) is 0 Å². The lowest BCUT2D eigenvalue weighted by Gasteiger charge is -2.20. The molecule has 0 unspecified atom stereocenters. The van der Waals surface area contributed by atoms with Crippen LogP contribution in [0.2, 0.25) is 0 Å². The molecule has 66 valence electrons. The lowest BCUT2D eigenvalue weighted by Crippen LogP contribution is -2.18. The molecule has 1 heterocycles. The summed E-state index contributed by atoms with van der Waals surface area (Å²) < 4.78 is 0. The summed E-state index contributed by atoms with van der Waals surface area (Å²) in [5.41, 5.74) is 7.06. The van der Waals surface area contributed by atoms with Crippen molar-refractivity contribution in [1.82, 2.24) is 4.98 Å². The van der Waals surface area contributed by atoms with Crippen LogP contribution in [0.25, 0.3) is 0 Å². The van der Waals surface area contributed by atoms with Crippen LogP contribution in [0.4, 0.5) is 5.69 Å². The molecule has 0 saturated carbocycles. The minimum Gasteiger partial charge on any atom is -0.398 e. The van der Waals surface area contributed by atoms with E-state index in [1.54, 1.807) is 26.2 Å². The zero-order chi connectivity index (χ0) is 9.35. The summed E-state index contributed by atoms with van der Waals surface area (Å²) >= 11 is 0. The van der Waals surface area contributed by atoms with E-state index in [4.69, 9.17) is 5.73 Å². The van der Waals surface area contributed by atoms with Gasteiger partial charge in [0.15, 0.2) is 0 Å². The molecule has 0 bridgehead atoms. The highest BCUT2D eigenvalue weighted by Crippen LogP contribution is 2.26. The van der Waals surface area contributed by atoms with Gasteiger partial charge >= 0.3 is 0 Å². The van der Waals surface area contributed by atoms with Gasteiger partial charge in [-0.15, -0.1) is 0 Å². The fourth-order valence-corrected chi connectivity index (χ4v) is 1.06. The molecule has 0 atom stereocenters. The third kappa shape index (κ3) is 1.56. The number of rotatable bonds is 1. The van der Waals surface area contributed by atoms with Crippen molar-refractivity contribution in [1.29, 1.82) is 0 Å². The Balaban J connectivity index is 3.26. The van der Waals surface area contributed by atoms with Gasteiger partial charge in [0, 0.05) is 23.6 Å². The molecule has 3 nitrogen and oxygen atoms in total. The SMILES string of the molecule is Cc1cncc(C(C)(C)O)c1N. The molecule has 3 N–H and O–H groups in total. The Hall–Kier alpha value is -1.09. The summed E-state index contributed by atoms with van der Waals surface area (Å²) in [6.45, 7) is 5.26. The molecule has 1 aromatic heterocycles. The van der Waals surface area contributed by atoms with Crippen molar-refractivity contribution in [2.75, 3.05) is 5.73 Å². The zero-order valence-electron chi connectivity index (χ0n) is 7.63. The summed E-state index contributed by atoms with van der Waals surface area (Å²) in [7, 11) is 0. The Morgan fingerprint density at radius 1 is 1.42 bits per heavy atom. The number of nitrogen functional groups attached to an aromatic ring is 1. The minimum absolute atomic E-state index is 0.623. The maximum atomic E-state index is 9.67. The summed E-state index contributed by atoms with van der Waals surface area (Å²) in [6.07, 6.45) is 3.28. The van der Waals surface area contributed by atoms with Crippen LogP contribution in [0.5, 0.6) is 0 Å². The van der Waals surface area contributed by atoms with Crippen molar-refractivity contribution in [2.45, 2.75) is 26.4 Å². The van der Waals surface area contributed by atoms with E-state index in [1.807, 2.05) is 6.92 Å². The van der Waals surface area contributed by atoms with Crippen LogP contribution >= 0.6 is 0 Å². The van der Waals surface area contributed by atoms with Crippen molar-refractivity contribution in [2.24, 2.45) is 0 Å². The second-order valence-electron chi connectivity index (χ2n) is 3.48. The zero-order valence-corrected chi connectivity index (χ0v) is 7.63. The van der Waals surface area contributed by atoms with Crippen LogP contribution in [-0.2, 0) is 5.60 Å². The number of anilines is 1. The molecule has 0 fully saturated rings. The van der Waals surface area contributed by atoms with Crippen molar-refractivity contribution >= 4 is 5.69 Å². The van der Waals surface area contributed by atoms with Gasteiger partial charge in [-0.3, -0.25) is 4.98 Å². The quantitative estimate of drug-likeness (QED) is 0.659. The molecule has 3 heteroatoms. The number of nitrogens with two attached hydrogens (primary N) is 1. The van der Waals surface area contributed by atoms with E-state index >= 15 is 0 Å². The van der Waals surface area contributed by atoms with Gasteiger partial charge in [-0.05, 0) is 26.3 Å². The van der Waals surface area contributed by atoms with E-state index in [0.29, 0.717) is 11.3 Å². The molecule has 0 aromatic carbocycles. The van der Waals surface area contributed by atoms with Crippen LogP contribution in [0.3, 0.4) is 0 Å². The van der Waals surface area contributed by atoms with Crippen molar-refractivity contribution < 1.29 is 5.11 Å². The highest BCUT2D eigenvalue weighted by molar-refractivity contribution is 5.53. The molecule has 1 aromatic rings. The molecule has 0 spiro atoms. The molecule has 0 amide bonds. The largest absolute Gasteiger partial charge is 0.398 e. The maximum absolute atomic E-state index is 9.67. The number of aryl methyl sites for hydroxylation is 1. The number of aromatic nitrogens is 1. The Morgan fingerprint density at radius 3 is 2.42 bits per heavy atom. The van der Waals surface area contributed by atoms with Gasteiger partial charge < -0.3 is 10.8 Å². The van der Waals surface area contributed by atoms with Crippen LogP contribution in [0.1, 0.15) is 25.0 Å². The van der Waals surface area contributed by atoms with Gasteiger partial charge in [0.1, 0.15) is 0 Å². The second kappa shape index (κ2) is 2.75. The Bertz CT molecular complexity index is 289. The predicted molar refractivity (Wildman–Crippen MR) is 48.6 cm³/mol. The third-order valence-electron chi connectivity index (χ3n) is 1.85. The second-order valence-corrected chi connectivity index (χ2v) is 3.48. The molecular weight excluding hydrogens is 152 g/mol. The summed E-state index contributed by atoms with van der Waals surface area (Å²) in [5, 5.41) is 9.67. The van der Waals surface area contributed by atoms with Crippen molar-refractivity contribution in [3.8, 4) is 0 Å². The van der Waals surface area contributed by atoms with Crippen molar-refractivity contribution in [3.63, 3.8) is 0 Å². The molecule has 0 aliphatic rings. The third-order valence-corrected chi connectivity index (χ3v) is 1.85. The maximum Gasteiger partial charge on any atom is 0.0875 e. The summed E-state index contributed by atoms with van der Waals surface area (Å²) in [4.78, 5) is 3.97. The standard InChI is InChI=1S/C9H14N2O/c1-6-4-11-5-7(8(6)10)9(2,3)12/h4-5,12H,1-3H3,(H2,10,11). The number of aliphatic hydroxyl groups is 1. The lowest BCUT2D eigenvalue weighted by molar-refractivity contribution is 0.0790. The van der Waals surface area contributed by atoms with E-state index < -0.39 is 5.60 Å². The summed E-state index contributed by atoms with van der Waals surface area (Å²) in [5.74, 6) is 0. The first-order chi connectivity index (χ1) is 5.43. The first kappa shape index (κ1) is 9.00. The molecule has 0 aliphatic carbocycles. The van der Waals surface area contributed by atoms with Crippen LogP contribution in [0.15, 0.2) is 12.4 Å². The Labute approximate surface area is 72.2 Å². The smallest absolute Gasteiger partial charge is 0.0875 e. The van der Waals surface area contributed by atoms with Crippen LogP contribution < -0.4 is 5.73 Å². The molecule has 0 saturated heterocycles. The van der Waals surface area contributed by atoms with Crippen LogP contribution in [0, 0.1) is 6.92 Å². The van der Waals surface area contributed by atoms with E-state index in [2.05, 4.69) is 4.98 Å². The topological polar surface area (TPSA) is 59.1 Å². The molecule has 12 heavy (non-hydrogen) atoms. The number of nitrogens with zero attached hydrogens (tertiary/aromatic N) is 1. The lowest BCUT2D eigenvalue weighted by atomic mass is 9.97. The van der Waals surface area contributed by atoms with E-state index in [9.17, 15) is 5.11 Å². The number of hydrogen-bond donors (Lipinski definition) is 2. The molecule has 0 radical (unpaired) electrons. The van der Waals surface area contributed by atoms with Gasteiger partial charge in [-0.1, -0.05) is 0 Å². The first-order valence-corrected chi connectivity index (χ1v) is 3.86. The van der Waals surface area contributed by atoms with E-state index in [0.717, 1.165) is 5.56 Å². The fraction of sp³-hybridized carbons (Fsp3) is 0.444. The average Bonchev–Trinajstić information content (AvgIpc) is 1.92.